The molecule has 40 heavy (non-hydrogen) atoms. The molecule has 1 fully saturated rings. The van der Waals surface area contributed by atoms with E-state index in [1.54, 1.807) is 30.5 Å². The Hall–Kier alpha value is -3.15. The van der Waals surface area contributed by atoms with Crippen molar-refractivity contribution in [3.8, 4) is 5.75 Å². The Labute approximate surface area is 240 Å². The summed E-state index contributed by atoms with van der Waals surface area (Å²) in [6.07, 6.45) is -4.26. The molecular weight excluding hydrogens is 559 g/mol. The van der Waals surface area contributed by atoms with E-state index in [0.717, 1.165) is 11.1 Å². The lowest BCUT2D eigenvalue weighted by Gasteiger charge is -2.40. The predicted octanol–water partition coefficient (Wildman–Crippen LogP) is 3.11. The normalized spacial score (nSPS) is 22.8. The van der Waals surface area contributed by atoms with Crippen molar-refractivity contribution < 1.29 is 34.7 Å². The SMILES string of the molecule is O=C(N[C@H]1C(O)OC(CO)[C@@H](O)[C@@H]1O)c1cn(Cc2ccc(Cl)c(Cl)c2)c2c(OCc3ccccc3)cccc12. The number of para-hydroxylation sites is 1. The van der Waals surface area contributed by atoms with Crippen molar-refractivity contribution in [2.75, 3.05) is 6.61 Å². The van der Waals surface area contributed by atoms with Crippen molar-refractivity contribution in [3.63, 3.8) is 0 Å². The Morgan fingerprint density at radius 3 is 2.45 bits per heavy atom. The Balaban J connectivity index is 1.50. The van der Waals surface area contributed by atoms with Gasteiger partial charge in [-0.2, -0.15) is 0 Å². The second kappa shape index (κ2) is 12.2. The van der Waals surface area contributed by atoms with Crippen molar-refractivity contribution >= 4 is 40.0 Å². The molecule has 5 N–H and O–H groups in total. The quantitative estimate of drug-likeness (QED) is 0.214. The topological polar surface area (TPSA) is 133 Å². The molecule has 0 aliphatic carbocycles. The summed E-state index contributed by atoms with van der Waals surface area (Å²) in [5.74, 6) is -0.0674. The Kier molecular flexibility index (Phi) is 8.62. The maximum absolute atomic E-state index is 13.5. The first-order valence-corrected chi connectivity index (χ1v) is 13.4. The van der Waals surface area contributed by atoms with Gasteiger partial charge in [0.2, 0.25) is 0 Å². The summed E-state index contributed by atoms with van der Waals surface area (Å²) in [6, 6.07) is 19.0. The molecule has 210 valence electrons. The number of fused-ring (bicyclic) bond motifs is 1. The molecule has 2 heterocycles. The van der Waals surface area contributed by atoms with Gasteiger partial charge in [-0.3, -0.25) is 4.79 Å². The van der Waals surface area contributed by atoms with Gasteiger partial charge in [-0.15, -0.1) is 0 Å². The summed E-state index contributed by atoms with van der Waals surface area (Å²) in [4.78, 5) is 13.5. The second-order valence-electron chi connectivity index (χ2n) is 9.57. The minimum atomic E-state index is -1.64. The molecule has 3 aromatic carbocycles. The van der Waals surface area contributed by atoms with Crippen molar-refractivity contribution in [2.24, 2.45) is 0 Å². The Bertz CT molecular complexity index is 1500. The summed E-state index contributed by atoms with van der Waals surface area (Å²) in [5, 5.41) is 44.4. The van der Waals surface area contributed by atoms with Crippen LogP contribution in [0.3, 0.4) is 0 Å². The minimum absolute atomic E-state index is 0.249. The number of carbonyl (C=O) groups excluding carboxylic acids is 1. The molecule has 1 amide bonds. The van der Waals surface area contributed by atoms with Gasteiger partial charge in [-0.1, -0.05) is 71.7 Å². The fraction of sp³-hybridized carbons (Fsp3) is 0.276. The molecule has 1 aliphatic heterocycles. The Morgan fingerprint density at radius 2 is 1.73 bits per heavy atom. The lowest BCUT2D eigenvalue weighted by molar-refractivity contribution is -0.252. The lowest BCUT2D eigenvalue weighted by atomic mass is 9.96. The highest BCUT2D eigenvalue weighted by Crippen LogP contribution is 2.33. The largest absolute Gasteiger partial charge is 0.487 e. The molecule has 0 bridgehead atoms. The van der Waals surface area contributed by atoms with E-state index >= 15 is 0 Å². The smallest absolute Gasteiger partial charge is 0.253 e. The highest BCUT2D eigenvalue weighted by atomic mass is 35.5. The molecule has 5 rings (SSSR count). The van der Waals surface area contributed by atoms with E-state index < -0.39 is 43.2 Å². The van der Waals surface area contributed by atoms with Crippen LogP contribution in [-0.2, 0) is 17.9 Å². The average Bonchev–Trinajstić information content (AvgIpc) is 3.33. The molecular formula is C29H28Cl2N2O7. The van der Waals surface area contributed by atoms with Crippen LogP contribution in [0, 0.1) is 0 Å². The van der Waals surface area contributed by atoms with Crippen LogP contribution in [0.5, 0.6) is 5.75 Å². The van der Waals surface area contributed by atoms with Gasteiger partial charge in [0.1, 0.15) is 36.7 Å². The van der Waals surface area contributed by atoms with Gasteiger partial charge >= 0.3 is 0 Å². The molecule has 5 atom stereocenters. The van der Waals surface area contributed by atoms with Crippen LogP contribution in [0.15, 0.2) is 72.9 Å². The van der Waals surface area contributed by atoms with E-state index in [1.165, 1.54) is 0 Å². The van der Waals surface area contributed by atoms with Crippen LogP contribution >= 0.6 is 23.2 Å². The molecule has 0 saturated carbocycles. The van der Waals surface area contributed by atoms with Crippen LogP contribution in [0.1, 0.15) is 21.5 Å². The summed E-state index contributed by atoms with van der Waals surface area (Å²) in [6.45, 7) is 0.0339. The number of nitrogens with one attached hydrogen (secondary N) is 1. The third-order valence-corrected chi connectivity index (χ3v) is 7.62. The molecule has 11 heteroatoms. The standard InChI is InChI=1S/C29H28Cl2N2O7/c30-20-10-9-17(11-21(20)31)12-33-13-19(28(37)32-24-27(36)26(35)23(14-34)40-29(24)38)18-7-4-8-22(25(18)33)39-15-16-5-2-1-3-6-16/h1-11,13,23-24,26-27,29,34-36,38H,12,14-15H2,(H,32,37)/t23?,24-,26-,27-,29?/m1/s1. The number of aliphatic hydroxyl groups excluding tert-OH is 4. The fourth-order valence-electron chi connectivity index (χ4n) is 4.80. The first kappa shape index (κ1) is 28.4. The summed E-state index contributed by atoms with van der Waals surface area (Å²) >= 11 is 12.3. The zero-order valence-corrected chi connectivity index (χ0v) is 22.7. The highest BCUT2D eigenvalue weighted by molar-refractivity contribution is 6.42. The average molecular weight is 587 g/mol. The molecule has 1 aromatic heterocycles. The van der Waals surface area contributed by atoms with E-state index in [2.05, 4.69) is 5.32 Å². The maximum atomic E-state index is 13.5. The summed E-state index contributed by atoms with van der Waals surface area (Å²) in [5.41, 5.74) is 2.70. The van der Waals surface area contributed by atoms with Gasteiger partial charge in [0.15, 0.2) is 6.29 Å². The monoisotopic (exact) mass is 586 g/mol. The number of aromatic nitrogens is 1. The summed E-state index contributed by atoms with van der Waals surface area (Å²) < 4.78 is 13.2. The van der Waals surface area contributed by atoms with Gasteiger partial charge in [0, 0.05) is 18.1 Å². The number of halogens is 2. The zero-order chi connectivity index (χ0) is 28.4. The fourth-order valence-corrected chi connectivity index (χ4v) is 5.12. The van der Waals surface area contributed by atoms with Crippen molar-refractivity contribution in [1.82, 2.24) is 9.88 Å². The number of ether oxygens (including phenoxy) is 2. The van der Waals surface area contributed by atoms with Crippen LogP contribution in [0.25, 0.3) is 10.9 Å². The van der Waals surface area contributed by atoms with Crippen LogP contribution < -0.4 is 10.1 Å². The van der Waals surface area contributed by atoms with Crippen LogP contribution in [0.4, 0.5) is 0 Å². The highest BCUT2D eigenvalue weighted by Gasteiger charge is 2.44. The van der Waals surface area contributed by atoms with Gasteiger partial charge in [-0.25, -0.2) is 0 Å². The number of carbonyl (C=O) groups is 1. The lowest BCUT2D eigenvalue weighted by Crippen LogP contribution is -2.64. The molecule has 1 saturated heterocycles. The molecule has 9 nitrogen and oxygen atoms in total. The first-order valence-electron chi connectivity index (χ1n) is 12.6. The van der Waals surface area contributed by atoms with E-state index in [4.69, 9.17) is 32.7 Å². The van der Waals surface area contributed by atoms with Gasteiger partial charge in [0.05, 0.1) is 27.7 Å². The number of rotatable bonds is 8. The predicted molar refractivity (Wildman–Crippen MR) is 150 cm³/mol. The second-order valence-corrected chi connectivity index (χ2v) is 10.4. The number of hydrogen-bond donors (Lipinski definition) is 5. The number of aliphatic hydroxyl groups is 4. The number of benzene rings is 3. The number of amides is 1. The number of hydrogen-bond acceptors (Lipinski definition) is 7. The Morgan fingerprint density at radius 1 is 0.950 bits per heavy atom. The third-order valence-electron chi connectivity index (χ3n) is 6.88. The van der Waals surface area contributed by atoms with Crippen molar-refractivity contribution in [2.45, 2.75) is 43.8 Å². The van der Waals surface area contributed by atoms with Gasteiger partial charge in [-0.05, 0) is 29.3 Å². The van der Waals surface area contributed by atoms with E-state index in [1.807, 2.05) is 47.0 Å². The first-order chi connectivity index (χ1) is 19.3. The minimum Gasteiger partial charge on any atom is -0.487 e. The molecule has 0 radical (unpaired) electrons. The zero-order valence-electron chi connectivity index (χ0n) is 21.2. The molecule has 0 spiro atoms. The van der Waals surface area contributed by atoms with Gasteiger partial charge in [0.25, 0.3) is 5.91 Å². The molecule has 2 unspecified atom stereocenters. The van der Waals surface area contributed by atoms with Crippen molar-refractivity contribution in [3.05, 3.63) is 99.7 Å². The van der Waals surface area contributed by atoms with E-state index in [9.17, 15) is 25.2 Å². The van der Waals surface area contributed by atoms with Crippen LogP contribution in [-0.4, -0.2) is 68.2 Å². The van der Waals surface area contributed by atoms with Crippen LogP contribution in [0.2, 0.25) is 10.0 Å². The number of nitrogens with zero attached hydrogens (tertiary/aromatic N) is 1. The molecule has 1 aliphatic rings. The van der Waals surface area contributed by atoms with E-state index in [-0.39, 0.29) is 5.56 Å². The molecule has 4 aromatic rings. The van der Waals surface area contributed by atoms with E-state index in [0.29, 0.717) is 39.8 Å². The maximum Gasteiger partial charge on any atom is 0.253 e. The third kappa shape index (κ3) is 5.82. The van der Waals surface area contributed by atoms with Crippen molar-refractivity contribution in [1.29, 1.82) is 0 Å². The summed E-state index contributed by atoms with van der Waals surface area (Å²) in [7, 11) is 0. The van der Waals surface area contributed by atoms with Gasteiger partial charge < -0.3 is 39.8 Å².